The van der Waals surface area contributed by atoms with E-state index in [1.807, 2.05) is 31.2 Å². The Bertz CT molecular complexity index is 659. The molecule has 1 aliphatic rings. The lowest BCUT2D eigenvalue weighted by molar-refractivity contribution is 0.249. The van der Waals surface area contributed by atoms with E-state index >= 15 is 0 Å². The number of rotatable bonds is 2. The molecule has 1 aliphatic carbocycles. The molecule has 4 heteroatoms. The first-order valence-corrected chi connectivity index (χ1v) is 7.40. The van der Waals surface area contributed by atoms with Crippen molar-refractivity contribution in [2.24, 2.45) is 0 Å². The van der Waals surface area contributed by atoms with Gasteiger partial charge in [-0.2, -0.15) is 0 Å². The van der Waals surface area contributed by atoms with Gasteiger partial charge in [-0.1, -0.05) is 41.9 Å². The molecule has 2 aromatic rings. The van der Waals surface area contributed by atoms with E-state index in [1.165, 1.54) is 11.1 Å². The summed E-state index contributed by atoms with van der Waals surface area (Å²) >= 11 is 6.06. The van der Waals surface area contributed by atoms with Gasteiger partial charge in [-0.15, -0.1) is 0 Å². The van der Waals surface area contributed by atoms with Gasteiger partial charge in [0, 0.05) is 16.8 Å². The monoisotopic (exact) mass is 300 g/mol. The van der Waals surface area contributed by atoms with Crippen molar-refractivity contribution in [3.63, 3.8) is 0 Å². The van der Waals surface area contributed by atoms with E-state index in [2.05, 4.69) is 22.8 Å². The maximum Gasteiger partial charge on any atom is 0.319 e. The van der Waals surface area contributed by atoms with E-state index in [1.54, 1.807) is 6.07 Å². The first kappa shape index (κ1) is 14.0. The molecule has 0 radical (unpaired) electrons. The zero-order chi connectivity index (χ0) is 14.8. The molecule has 0 aliphatic heterocycles. The third kappa shape index (κ3) is 3.19. The van der Waals surface area contributed by atoms with E-state index in [4.69, 9.17) is 11.6 Å². The lowest BCUT2D eigenvalue weighted by Gasteiger charge is -2.13. The number of carbonyl (C=O) groups excluding carboxylic acids is 1. The molecule has 0 saturated heterocycles. The van der Waals surface area contributed by atoms with Crippen LogP contribution in [-0.4, -0.2) is 12.1 Å². The number of hydrogen-bond acceptors (Lipinski definition) is 1. The maximum absolute atomic E-state index is 12.1. The fourth-order valence-corrected chi connectivity index (χ4v) is 2.86. The standard InChI is InChI=1S/C17H17ClN2O/c1-11-6-7-14(10-16(11)18)19-17(21)20-15-8-12-4-2-3-5-13(12)9-15/h2-7,10,15H,8-9H2,1H3,(H2,19,20,21). The molecule has 0 spiro atoms. The maximum atomic E-state index is 12.1. The number of anilines is 1. The summed E-state index contributed by atoms with van der Waals surface area (Å²) in [6, 6.07) is 13.8. The number of aryl methyl sites for hydroxylation is 1. The Morgan fingerprint density at radius 1 is 1.14 bits per heavy atom. The SMILES string of the molecule is Cc1ccc(NC(=O)NC2Cc3ccccc3C2)cc1Cl. The van der Waals surface area contributed by atoms with Crippen molar-refractivity contribution < 1.29 is 4.79 Å². The lowest BCUT2D eigenvalue weighted by Crippen LogP contribution is -2.38. The van der Waals surface area contributed by atoms with Crippen LogP contribution < -0.4 is 10.6 Å². The average Bonchev–Trinajstić information content (AvgIpc) is 2.84. The second-order valence-corrected chi connectivity index (χ2v) is 5.84. The first-order chi connectivity index (χ1) is 10.1. The zero-order valence-electron chi connectivity index (χ0n) is 11.8. The van der Waals surface area contributed by atoms with Gasteiger partial charge in [0.15, 0.2) is 0 Å². The van der Waals surface area contributed by atoms with Gasteiger partial charge < -0.3 is 10.6 Å². The molecule has 2 aromatic carbocycles. The van der Waals surface area contributed by atoms with Crippen LogP contribution in [-0.2, 0) is 12.8 Å². The first-order valence-electron chi connectivity index (χ1n) is 7.02. The van der Waals surface area contributed by atoms with E-state index in [0.29, 0.717) is 10.7 Å². The van der Waals surface area contributed by atoms with Crippen molar-refractivity contribution in [2.45, 2.75) is 25.8 Å². The molecule has 2 amide bonds. The van der Waals surface area contributed by atoms with E-state index in [9.17, 15) is 4.79 Å². The van der Waals surface area contributed by atoms with Crippen LogP contribution in [0.15, 0.2) is 42.5 Å². The Morgan fingerprint density at radius 3 is 2.43 bits per heavy atom. The Kier molecular flexibility index (Phi) is 3.84. The van der Waals surface area contributed by atoms with Gasteiger partial charge in [-0.3, -0.25) is 0 Å². The molecule has 0 atom stereocenters. The number of hydrogen-bond donors (Lipinski definition) is 2. The van der Waals surface area contributed by atoms with E-state index < -0.39 is 0 Å². The molecule has 0 bridgehead atoms. The fraction of sp³-hybridized carbons (Fsp3) is 0.235. The molecule has 21 heavy (non-hydrogen) atoms. The van der Waals surface area contributed by atoms with E-state index in [0.717, 1.165) is 18.4 Å². The summed E-state index contributed by atoms with van der Waals surface area (Å²) in [5, 5.41) is 6.50. The van der Waals surface area contributed by atoms with Gasteiger partial charge in [0.2, 0.25) is 0 Å². The molecule has 0 aromatic heterocycles. The van der Waals surface area contributed by atoms with Crippen LogP contribution in [0.4, 0.5) is 10.5 Å². The molecular formula is C17H17ClN2O. The van der Waals surface area contributed by atoms with Crippen LogP contribution in [0.2, 0.25) is 5.02 Å². The predicted molar refractivity (Wildman–Crippen MR) is 86.0 cm³/mol. The van der Waals surface area contributed by atoms with E-state index in [-0.39, 0.29) is 12.1 Å². The number of nitrogens with one attached hydrogen (secondary N) is 2. The van der Waals surface area contributed by atoms with Crippen LogP contribution in [0.25, 0.3) is 0 Å². The Balaban J connectivity index is 1.59. The molecule has 108 valence electrons. The number of carbonyl (C=O) groups is 1. The minimum atomic E-state index is -0.187. The smallest absolute Gasteiger partial charge is 0.319 e. The van der Waals surface area contributed by atoms with Crippen molar-refractivity contribution in [1.29, 1.82) is 0 Å². The van der Waals surface area contributed by atoms with Crippen LogP contribution in [0.3, 0.4) is 0 Å². The van der Waals surface area contributed by atoms with Crippen LogP contribution >= 0.6 is 11.6 Å². The summed E-state index contributed by atoms with van der Waals surface area (Å²) in [4.78, 5) is 12.1. The van der Waals surface area contributed by atoms with Gasteiger partial charge in [0.1, 0.15) is 0 Å². The minimum Gasteiger partial charge on any atom is -0.334 e. The van der Waals surface area contributed by atoms with Crippen molar-refractivity contribution >= 4 is 23.3 Å². The van der Waals surface area contributed by atoms with Crippen LogP contribution in [0.5, 0.6) is 0 Å². The van der Waals surface area contributed by atoms with Gasteiger partial charge in [0.25, 0.3) is 0 Å². The van der Waals surface area contributed by atoms with Crippen molar-refractivity contribution in [3.05, 3.63) is 64.2 Å². The molecule has 0 heterocycles. The quantitative estimate of drug-likeness (QED) is 0.866. The molecule has 0 fully saturated rings. The number of fused-ring (bicyclic) bond motifs is 1. The molecular weight excluding hydrogens is 284 g/mol. The van der Waals surface area contributed by atoms with Gasteiger partial charge in [-0.05, 0) is 48.6 Å². The second kappa shape index (κ2) is 5.78. The minimum absolute atomic E-state index is 0.156. The highest BCUT2D eigenvalue weighted by molar-refractivity contribution is 6.31. The summed E-state index contributed by atoms with van der Waals surface area (Å²) in [5.74, 6) is 0. The molecule has 2 N–H and O–H groups in total. The average molecular weight is 301 g/mol. The summed E-state index contributed by atoms with van der Waals surface area (Å²) in [7, 11) is 0. The van der Waals surface area contributed by atoms with Crippen molar-refractivity contribution in [3.8, 4) is 0 Å². The third-order valence-electron chi connectivity index (χ3n) is 3.82. The fourth-order valence-electron chi connectivity index (χ4n) is 2.68. The van der Waals surface area contributed by atoms with Gasteiger partial charge in [-0.25, -0.2) is 4.79 Å². The Hall–Kier alpha value is -2.00. The molecule has 0 unspecified atom stereocenters. The van der Waals surface area contributed by atoms with Gasteiger partial charge in [0.05, 0.1) is 0 Å². The second-order valence-electron chi connectivity index (χ2n) is 5.44. The van der Waals surface area contributed by atoms with Crippen molar-refractivity contribution in [2.75, 3.05) is 5.32 Å². The van der Waals surface area contributed by atoms with Crippen molar-refractivity contribution in [1.82, 2.24) is 5.32 Å². The summed E-state index contributed by atoms with van der Waals surface area (Å²) in [6.07, 6.45) is 1.77. The topological polar surface area (TPSA) is 41.1 Å². The largest absolute Gasteiger partial charge is 0.334 e. The number of urea groups is 1. The normalized spacial score (nSPS) is 13.8. The van der Waals surface area contributed by atoms with Crippen LogP contribution in [0.1, 0.15) is 16.7 Å². The summed E-state index contributed by atoms with van der Waals surface area (Å²) in [5.41, 5.74) is 4.34. The molecule has 3 rings (SSSR count). The molecule has 0 saturated carbocycles. The number of benzene rings is 2. The highest BCUT2D eigenvalue weighted by atomic mass is 35.5. The summed E-state index contributed by atoms with van der Waals surface area (Å²) < 4.78 is 0. The predicted octanol–water partition coefficient (Wildman–Crippen LogP) is 3.94. The Labute approximate surface area is 129 Å². The van der Waals surface area contributed by atoms with Crippen LogP contribution in [0, 0.1) is 6.92 Å². The third-order valence-corrected chi connectivity index (χ3v) is 4.22. The molecule has 3 nitrogen and oxygen atoms in total. The van der Waals surface area contributed by atoms with Gasteiger partial charge >= 0.3 is 6.03 Å². The highest BCUT2D eigenvalue weighted by Crippen LogP contribution is 2.22. The lowest BCUT2D eigenvalue weighted by atomic mass is 10.1. The highest BCUT2D eigenvalue weighted by Gasteiger charge is 2.22. The number of amides is 2. The zero-order valence-corrected chi connectivity index (χ0v) is 12.6. The Morgan fingerprint density at radius 2 is 1.81 bits per heavy atom. The number of halogens is 1. The summed E-state index contributed by atoms with van der Waals surface area (Å²) in [6.45, 7) is 1.93.